The van der Waals surface area contributed by atoms with E-state index in [1.165, 1.54) is 0 Å². The lowest BCUT2D eigenvalue weighted by atomic mass is 9.85. The van der Waals surface area contributed by atoms with Crippen molar-refractivity contribution < 1.29 is 13.5 Å². The lowest BCUT2D eigenvalue weighted by molar-refractivity contribution is -0.118. The fraction of sp³-hybridized carbons (Fsp3) is 1.00. The molecule has 0 unspecified atom stereocenters. The highest BCUT2D eigenvalue weighted by atomic mass is 19.3. The van der Waals surface area contributed by atoms with E-state index in [4.69, 9.17) is 4.74 Å². The van der Waals surface area contributed by atoms with Gasteiger partial charge in [0.05, 0.1) is 6.10 Å². The van der Waals surface area contributed by atoms with Gasteiger partial charge in [-0.1, -0.05) is 20.3 Å². The van der Waals surface area contributed by atoms with Crippen molar-refractivity contribution in [3.63, 3.8) is 0 Å². The van der Waals surface area contributed by atoms with E-state index in [9.17, 15) is 8.78 Å². The molecule has 1 fully saturated rings. The van der Waals surface area contributed by atoms with Crippen LogP contribution in [0, 0.1) is 5.92 Å². The number of ether oxygens (including phenoxy) is 1. The summed E-state index contributed by atoms with van der Waals surface area (Å²) in [5.41, 5.74) is 0. The van der Waals surface area contributed by atoms with Crippen molar-refractivity contribution in [3.05, 3.63) is 0 Å². The van der Waals surface area contributed by atoms with Crippen LogP contribution >= 0.6 is 0 Å². The molecule has 0 aliphatic heterocycles. The molecule has 14 heavy (non-hydrogen) atoms. The quantitative estimate of drug-likeness (QED) is 0.638. The van der Waals surface area contributed by atoms with E-state index in [0.29, 0.717) is 12.8 Å². The summed E-state index contributed by atoms with van der Waals surface area (Å²) in [6.07, 6.45) is 3.21. The van der Waals surface area contributed by atoms with Crippen LogP contribution in [-0.4, -0.2) is 18.6 Å². The second-order valence-electron chi connectivity index (χ2n) is 4.28. The van der Waals surface area contributed by atoms with Gasteiger partial charge >= 0.3 is 0 Å². The molecule has 0 N–H and O–H groups in total. The van der Waals surface area contributed by atoms with E-state index in [0.717, 1.165) is 19.4 Å². The maximum absolute atomic E-state index is 13.1. The Labute approximate surface area is 84.8 Å². The Morgan fingerprint density at radius 3 is 2.71 bits per heavy atom. The molecule has 0 aromatic carbocycles. The lowest BCUT2D eigenvalue weighted by Crippen LogP contribution is -2.36. The zero-order chi connectivity index (χ0) is 10.6. The molecule has 1 aliphatic carbocycles. The molecule has 0 aromatic rings. The van der Waals surface area contributed by atoms with E-state index in [1.807, 2.05) is 0 Å². The molecule has 0 saturated heterocycles. The van der Waals surface area contributed by atoms with Gasteiger partial charge in [-0.25, -0.2) is 8.78 Å². The topological polar surface area (TPSA) is 9.23 Å². The average Bonchev–Trinajstić information content (AvgIpc) is 2.12. The minimum Gasteiger partial charge on any atom is -0.378 e. The van der Waals surface area contributed by atoms with Gasteiger partial charge in [0.25, 0.3) is 5.92 Å². The molecule has 84 valence electrons. The van der Waals surface area contributed by atoms with Crippen LogP contribution in [0.2, 0.25) is 0 Å². The second kappa shape index (κ2) is 5.06. The number of unbranched alkanes of at least 4 members (excludes halogenated alkanes) is 1. The van der Waals surface area contributed by atoms with Gasteiger partial charge < -0.3 is 4.74 Å². The minimum absolute atomic E-state index is 0.00897. The summed E-state index contributed by atoms with van der Waals surface area (Å²) in [5.74, 6) is -2.99. The largest absolute Gasteiger partial charge is 0.378 e. The van der Waals surface area contributed by atoms with Crippen molar-refractivity contribution in [2.24, 2.45) is 5.92 Å². The minimum atomic E-state index is -2.47. The van der Waals surface area contributed by atoms with E-state index in [-0.39, 0.29) is 12.5 Å². The molecule has 3 heteroatoms. The summed E-state index contributed by atoms with van der Waals surface area (Å²) in [4.78, 5) is 0. The summed E-state index contributed by atoms with van der Waals surface area (Å²) in [5, 5.41) is 0. The van der Waals surface area contributed by atoms with Gasteiger partial charge in [-0.05, 0) is 19.3 Å². The summed E-state index contributed by atoms with van der Waals surface area (Å²) in [6, 6.07) is 0. The molecule has 0 radical (unpaired) electrons. The van der Waals surface area contributed by atoms with Crippen LogP contribution in [-0.2, 0) is 4.74 Å². The van der Waals surface area contributed by atoms with Gasteiger partial charge in [0.2, 0.25) is 0 Å². The van der Waals surface area contributed by atoms with Crippen LogP contribution in [0.25, 0.3) is 0 Å². The Morgan fingerprint density at radius 2 is 2.14 bits per heavy atom. The first-order chi connectivity index (χ1) is 6.56. The molecule has 0 heterocycles. The maximum atomic E-state index is 13.1. The first kappa shape index (κ1) is 11.9. The van der Waals surface area contributed by atoms with Crippen LogP contribution in [0.1, 0.15) is 46.0 Å². The van der Waals surface area contributed by atoms with E-state index in [2.05, 4.69) is 6.92 Å². The Hall–Kier alpha value is -0.180. The van der Waals surface area contributed by atoms with Gasteiger partial charge in [-0.2, -0.15) is 0 Å². The zero-order valence-corrected chi connectivity index (χ0v) is 9.06. The van der Waals surface area contributed by atoms with Crippen molar-refractivity contribution in [2.45, 2.75) is 58.0 Å². The van der Waals surface area contributed by atoms with Crippen molar-refractivity contribution in [3.8, 4) is 0 Å². The van der Waals surface area contributed by atoms with Crippen molar-refractivity contribution in [2.75, 3.05) is 6.61 Å². The Bertz CT molecular complexity index is 171. The molecule has 1 saturated carbocycles. The number of hydrogen-bond acceptors (Lipinski definition) is 1. The highest BCUT2D eigenvalue weighted by Crippen LogP contribution is 2.39. The fourth-order valence-corrected chi connectivity index (χ4v) is 1.83. The van der Waals surface area contributed by atoms with Crippen LogP contribution < -0.4 is 0 Å². The van der Waals surface area contributed by atoms with Crippen molar-refractivity contribution in [1.29, 1.82) is 0 Å². The molecular weight excluding hydrogens is 186 g/mol. The first-order valence-corrected chi connectivity index (χ1v) is 5.55. The molecule has 1 aliphatic rings. The number of hydrogen-bond donors (Lipinski definition) is 0. The van der Waals surface area contributed by atoms with Crippen LogP contribution in [0.5, 0.6) is 0 Å². The normalized spacial score (nSPS) is 31.7. The summed E-state index contributed by atoms with van der Waals surface area (Å²) in [6.45, 7) is 4.44. The number of rotatable bonds is 4. The molecule has 1 nitrogen and oxygen atoms in total. The van der Waals surface area contributed by atoms with Crippen LogP contribution in [0.4, 0.5) is 8.78 Å². The van der Waals surface area contributed by atoms with E-state index >= 15 is 0 Å². The summed E-state index contributed by atoms with van der Waals surface area (Å²) >= 11 is 0. The van der Waals surface area contributed by atoms with Gasteiger partial charge in [0.1, 0.15) is 0 Å². The van der Waals surface area contributed by atoms with Crippen LogP contribution in [0.3, 0.4) is 0 Å². The molecule has 0 amide bonds. The molecular formula is C11H20F2O. The Balaban J connectivity index is 2.25. The average molecular weight is 206 g/mol. The molecule has 0 bridgehead atoms. The lowest BCUT2D eigenvalue weighted by Gasteiger charge is -2.33. The highest BCUT2D eigenvalue weighted by molar-refractivity contribution is 4.83. The monoisotopic (exact) mass is 206 g/mol. The van der Waals surface area contributed by atoms with E-state index < -0.39 is 11.8 Å². The van der Waals surface area contributed by atoms with Crippen molar-refractivity contribution >= 4 is 0 Å². The third kappa shape index (κ3) is 3.19. The van der Waals surface area contributed by atoms with Gasteiger partial charge in [0.15, 0.2) is 0 Å². The molecule has 0 aromatic heterocycles. The van der Waals surface area contributed by atoms with Gasteiger partial charge in [-0.3, -0.25) is 0 Å². The Kier molecular flexibility index (Phi) is 4.30. The second-order valence-corrected chi connectivity index (χ2v) is 4.28. The maximum Gasteiger partial charge on any atom is 0.250 e. The summed E-state index contributed by atoms with van der Waals surface area (Å²) < 4.78 is 31.8. The Morgan fingerprint density at radius 1 is 1.43 bits per heavy atom. The van der Waals surface area contributed by atoms with Gasteiger partial charge in [0, 0.05) is 18.9 Å². The fourth-order valence-electron chi connectivity index (χ4n) is 1.83. The third-order valence-electron chi connectivity index (χ3n) is 2.99. The predicted octanol–water partition coefficient (Wildman–Crippen LogP) is 3.63. The number of halogens is 2. The van der Waals surface area contributed by atoms with E-state index in [1.54, 1.807) is 6.92 Å². The predicted molar refractivity (Wildman–Crippen MR) is 52.6 cm³/mol. The SMILES string of the molecule is CCCCO[C@@H]1CCC(F)(F)[C@H](C)C1. The number of alkyl halides is 2. The first-order valence-electron chi connectivity index (χ1n) is 5.55. The van der Waals surface area contributed by atoms with Crippen LogP contribution in [0.15, 0.2) is 0 Å². The standard InChI is InChI=1S/C11H20F2O/c1-3-4-7-14-10-5-6-11(12,13)9(2)8-10/h9-10H,3-8H2,1-2H3/t9-,10-/m1/s1. The summed E-state index contributed by atoms with van der Waals surface area (Å²) in [7, 11) is 0. The highest BCUT2D eigenvalue weighted by Gasteiger charge is 2.41. The molecule has 0 spiro atoms. The van der Waals surface area contributed by atoms with Gasteiger partial charge in [-0.15, -0.1) is 0 Å². The molecule has 2 atom stereocenters. The van der Waals surface area contributed by atoms with Crippen molar-refractivity contribution in [1.82, 2.24) is 0 Å². The smallest absolute Gasteiger partial charge is 0.250 e. The zero-order valence-electron chi connectivity index (χ0n) is 9.06. The third-order valence-corrected chi connectivity index (χ3v) is 2.99. The molecule has 1 rings (SSSR count).